The lowest BCUT2D eigenvalue weighted by Gasteiger charge is -2.18. The lowest BCUT2D eigenvalue weighted by molar-refractivity contribution is -0.167. The number of carbonyl (C=O) groups is 3. The number of hydrogen-bond donors (Lipinski definition) is 0. The second-order valence-electron chi connectivity index (χ2n) is 23.5. The summed E-state index contributed by atoms with van der Waals surface area (Å²) in [7, 11) is 0. The summed E-state index contributed by atoms with van der Waals surface area (Å²) in [6, 6.07) is 0. The lowest BCUT2D eigenvalue weighted by atomic mass is 10.0. The molecule has 0 aliphatic carbocycles. The Morgan fingerprint density at radius 1 is 0.253 bits per heavy atom. The molecule has 0 aliphatic rings. The summed E-state index contributed by atoms with van der Waals surface area (Å²) in [6.45, 7) is 6.70. The molecule has 0 saturated carbocycles. The predicted octanol–water partition coefficient (Wildman–Crippen LogP) is 23.2. The molecule has 0 amide bonds. The first kappa shape index (κ1) is 73.2. The van der Waals surface area contributed by atoms with Crippen molar-refractivity contribution in [3.05, 3.63) is 12.2 Å². The summed E-state index contributed by atoms with van der Waals surface area (Å²) in [4.78, 5) is 38.3. The third-order valence-corrected chi connectivity index (χ3v) is 15.8. The lowest BCUT2D eigenvalue weighted by Crippen LogP contribution is -2.30. The SMILES string of the molecule is CCCCC/C=C\CCCCCCCC(=O)OCC(COC(=O)CCCCCCCCCCCCCCCCCCCCCCCCC)OC(=O)CCCCCCCCCCCCCCCCCCCCCCCC. The minimum Gasteiger partial charge on any atom is -0.462 e. The third kappa shape index (κ3) is 62.9. The Balaban J connectivity index is 4.20. The first-order valence-corrected chi connectivity index (χ1v) is 34.2. The molecule has 6 heteroatoms. The van der Waals surface area contributed by atoms with Crippen molar-refractivity contribution in [3.8, 4) is 0 Å². The predicted molar refractivity (Wildman–Crippen MR) is 326 cm³/mol. The van der Waals surface area contributed by atoms with Crippen molar-refractivity contribution in [1.29, 1.82) is 0 Å². The van der Waals surface area contributed by atoms with Crippen LogP contribution in [0.25, 0.3) is 0 Å². The van der Waals surface area contributed by atoms with Gasteiger partial charge in [-0.05, 0) is 44.9 Å². The Morgan fingerprint density at radius 3 is 0.693 bits per heavy atom. The van der Waals surface area contributed by atoms with Gasteiger partial charge in [-0.15, -0.1) is 0 Å². The number of allylic oxidation sites excluding steroid dienone is 2. The molecule has 0 fully saturated rings. The van der Waals surface area contributed by atoms with E-state index in [-0.39, 0.29) is 31.1 Å². The number of hydrogen-bond acceptors (Lipinski definition) is 6. The van der Waals surface area contributed by atoms with Crippen LogP contribution in [0.1, 0.15) is 393 Å². The van der Waals surface area contributed by atoms with E-state index in [1.807, 2.05) is 0 Å². The van der Waals surface area contributed by atoms with Crippen LogP contribution >= 0.6 is 0 Å². The van der Waals surface area contributed by atoms with Crippen LogP contribution in [-0.2, 0) is 28.6 Å². The molecular weight excluding hydrogens is 925 g/mol. The summed E-state index contributed by atoms with van der Waals surface area (Å²) in [6.07, 6.45) is 76.7. The van der Waals surface area contributed by atoms with Crippen LogP contribution in [0, 0.1) is 0 Å². The molecule has 0 aromatic carbocycles. The third-order valence-electron chi connectivity index (χ3n) is 15.8. The Bertz CT molecular complexity index is 1170. The topological polar surface area (TPSA) is 78.9 Å². The van der Waals surface area contributed by atoms with Crippen LogP contribution < -0.4 is 0 Å². The van der Waals surface area contributed by atoms with Gasteiger partial charge >= 0.3 is 17.9 Å². The Labute approximate surface area is 469 Å². The number of esters is 3. The summed E-state index contributed by atoms with van der Waals surface area (Å²) in [5.74, 6) is -0.842. The highest BCUT2D eigenvalue weighted by molar-refractivity contribution is 5.71. The molecule has 0 radical (unpaired) electrons. The highest BCUT2D eigenvalue weighted by atomic mass is 16.6. The van der Waals surface area contributed by atoms with E-state index >= 15 is 0 Å². The fraction of sp³-hybridized carbons (Fsp3) is 0.928. The maximum atomic E-state index is 12.9. The normalized spacial score (nSPS) is 12.0. The minimum atomic E-state index is -0.769. The van der Waals surface area contributed by atoms with E-state index < -0.39 is 6.10 Å². The fourth-order valence-corrected chi connectivity index (χ4v) is 10.6. The number of ether oxygens (including phenoxy) is 3. The maximum absolute atomic E-state index is 12.9. The Morgan fingerprint density at radius 2 is 0.440 bits per heavy atom. The summed E-state index contributed by atoms with van der Waals surface area (Å²) in [5, 5.41) is 0. The van der Waals surface area contributed by atoms with E-state index in [2.05, 4.69) is 32.9 Å². The quantitative estimate of drug-likeness (QED) is 0.0261. The average molecular weight is 1060 g/mol. The monoisotopic (exact) mass is 1060 g/mol. The standard InChI is InChI=1S/C69H132O6/c1-4-7-10-13-16-19-22-25-27-29-31-33-35-37-38-40-42-44-47-50-53-56-59-62-68(71)74-65-66(64-73-67(70)61-58-55-52-49-46-24-21-18-15-12-9-6-3)75-69(72)63-60-57-54-51-48-45-43-41-39-36-34-32-30-28-26-23-20-17-14-11-8-5-2/h18,21,66H,4-17,19-20,22-65H2,1-3H3/b21-18-. The average Bonchev–Trinajstić information content (AvgIpc) is 3.41. The second kappa shape index (κ2) is 64.7. The minimum absolute atomic E-state index is 0.0659. The van der Waals surface area contributed by atoms with Gasteiger partial charge in [-0.3, -0.25) is 14.4 Å². The van der Waals surface area contributed by atoms with E-state index in [9.17, 15) is 14.4 Å². The summed E-state index contributed by atoms with van der Waals surface area (Å²) >= 11 is 0. The van der Waals surface area contributed by atoms with Crippen LogP contribution in [0.2, 0.25) is 0 Å². The van der Waals surface area contributed by atoms with Crippen molar-refractivity contribution in [2.75, 3.05) is 13.2 Å². The van der Waals surface area contributed by atoms with Gasteiger partial charge < -0.3 is 14.2 Å². The molecule has 0 aliphatic heterocycles. The van der Waals surface area contributed by atoms with Crippen LogP contribution in [0.15, 0.2) is 12.2 Å². The number of unbranched alkanes of at least 4 members (excludes halogenated alkanes) is 51. The highest BCUT2D eigenvalue weighted by Gasteiger charge is 2.19. The Hall–Kier alpha value is -1.85. The molecule has 0 heterocycles. The molecule has 0 bridgehead atoms. The zero-order valence-electron chi connectivity index (χ0n) is 51.1. The molecule has 0 aromatic rings. The van der Waals surface area contributed by atoms with Crippen LogP contribution in [0.3, 0.4) is 0 Å². The van der Waals surface area contributed by atoms with Gasteiger partial charge in [-0.25, -0.2) is 0 Å². The van der Waals surface area contributed by atoms with Gasteiger partial charge in [-0.2, -0.15) is 0 Å². The molecule has 0 aromatic heterocycles. The van der Waals surface area contributed by atoms with Crippen molar-refractivity contribution >= 4 is 17.9 Å². The van der Waals surface area contributed by atoms with E-state index in [1.165, 1.54) is 289 Å². The summed E-state index contributed by atoms with van der Waals surface area (Å²) in [5.41, 5.74) is 0. The van der Waals surface area contributed by atoms with E-state index in [1.54, 1.807) is 0 Å². The van der Waals surface area contributed by atoms with Crippen molar-refractivity contribution in [1.82, 2.24) is 0 Å². The van der Waals surface area contributed by atoms with Crippen molar-refractivity contribution < 1.29 is 28.6 Å². The first-order valence-electron chi connectivity index (χ1n) is 34.2. The molecule has 75 heavy (non-hydrogen) atoms. The van der Waals surface area contributed by atoms with E-state index in [0.717, 1.165) is 64.2 Å². The van der Waals surface area contributed by atoms with Crippen LogP contribution in [0.4, 0.5) is 0 Å². The van der Waals surface area contributed by atoms with E-state index in [0.29, 0.717) is 19.3 Å². The number of rotatable bonds is 64. The van der Waals surface area contributed by atoms with Gasteiger partial charge in [0.1, 0.15) is 13.2 Å². The molecule has 1 unspecified atom stereocenters. The van der Waals surface area contributed by atoms with Crippen molar-refractivity contribution in [3.63, 3.8) is 0 Å². The largest absolute Gasteiger partial charge is 0.462 e. The van der Waals surface area contributed by atoms with E-state index in [4.69, 9.17) is 14.2 Å². The van der Waals surface area contributed by atoms with Gasteiger partial charge in [0.25, 0.3) is 0 Å². The molecular formula is C69H132O6. The molecule has 0 N–H and O–H groups in total. The van der Waals surface area contributed by atoms with Crippen LogP contribution in [-0.4, -0.2) is 37.2 Å². The van der Waals surface area contributed by atoms with Crippen molar-refractivity contribution in [2.45, 2.75) is 399 Å². The van der Waals surface area contributed by atoms with Crippen molar-refractivity contribution in [2.24, 2.45) is 0 Å². The Kier molecular flexibility index (Phi) is 63.1. The molecule has 0 spiro atoms. The van der Waals surface area contributed by atoms with Gasteiger partial charge in [0, 0.05) is 19.3 Å². The molecule has 1 atom stereocenters. The molecule has 0 saturated heterocycles. The maximum Gasteiger partial charge on any atom is 0.306 e. The highest BCUT2D eigenvalue weighted by Crippen LogP contribution is 2.19. The zero-order chi connectivity index (χ0) is 54.3. The van der Waals surface area contributed by atoms with Gasteiger partial charge in [0.2, 0.25) is 0 Å². The summed E-state index contributed by atoms with van der Waals surface area (Å²) < 4.78 is 17.0. The second-order valence-corrected chi connectivity index (χ2v) is 23.5. The van der Waals surface area contributed by atoms with Crippen LogP contribution in [0.5, 0.6) is 0 Å². The molecule has 444 valence electrons. The molecule has 0 rings (SSSR count). The van der Waals surface area contributed by atoms with Gasteiger partial charge in [0.15, 0.2) is 6.10 Å². The number of carbonyl (C=O) groups excluding carboxylic acids is 3. The zero-order valence-corrected chi connectivity index (χ0v) is 51.1. The fourth-order valence-electron chi connectivity index (χ4n) is 10.6. The van der Waals surface area contributed by atoms with Gasteiger partial charge in [-0.1, -0.05) is 341 Å². The van der Waals surface area contributed by atoms with Gasteiger partial charge in [0.05, 0.1) is 0 Å². The first-order chi connectivity index (χ1) is 37.0. The smallest absolute Gasteiger partial charge is 0.306 e. The molecule has 6 nitrogen and oxygen atoms in total.